The van der Waals surface area contributed by atoms with Gasteiger partial charge >= 0.3 is 6.09 Å². The summed E-state index contributed by atoms with van der Waals surface area (Å²) in [6.45, 7) is 15.4. The first kappa shape index (κ1) is 16.8. The quantitative estimate of drug-likeness (QED) is 0.787. The van der Waals surface area contributed by atoms with Crippen LogP contribution >= 0.6 is 0 Å². The Hall–Kier alpha value is -1.29. The summed E-state index contributed by atoms with van der Waals surface area (Å²) in [5, 5.41) is 3.49. The third kappa shape index (κ3) is 5.00. The van der Waals surface area contributed by atoms with E-state index in [0.717, 1.165) is 32.4 Å². The standard InChI is InChI=1S/C16H28N2O2/c1-6-9-16(17-11-7-2)10-8-12-18(13-16)14(19)20-15(3,4)5/h6-7,17H,1-2,8-13H2,3-5H3. The Labute approximate surface area is 122 Å². The predicted molar refractivity (Wildman–Crippen MR) is 82.8 cm³/mol. The van der Waals surface area contributed by atoms with Crippen LogP contribution < -0.4 is 5.32 Å². The second-order valence-electron chi connectivity index (χ2n) is 6.45. The minimum Gasteiger partial charge on any atom is -0.444 e. The van der Waals surface area contributed by atoms with E-state index in [2.05, 4.69) is 18.5 Å². The zero-order valence-corrected chi connectivity index (χ0v) is 13.1. The van der Waals surface area contributed by atoms with Crippen LogP contribution in [0.3, 0.4) is 0 Å². The van der Waals surface area contributed by atoms with Gasteiger partial charge in [-0.2, -0.15) is 0 Å². The largest absolute Gasteiger partial charge is 0.444 e. The van der Waals surface area contributed by atoms with E-state index in [0.29, 0.717) is 6.54 Å². The molecule has 0 spiro atoms. The average Bonchev–Trinajstić information content (AvgIpc) is 2.35. The van der Waals surface area contributed by atoms with Crippen LogP contribution in [0, 0.1) is 0 Å². The summed E-state index contributed by atoms with van der Waals surface area (Å²) in [5.74, 6) is 0. The van der Waals surface area contributed by atoms with E-state index in [1.807, 2.05) is 32.9 Å². The van der Waals surface area contributed by atoms with Crippen molar-refractivity contribution in [3.05, 3.63) is 25.3 Å². The molecule has 4 nitrogen and oxygen atoms in total. The minimum atomic E-state index is -0.454. The zero-order chi connectivity index (χ0) is 15.2. The van der Waals surface area contributed by atoms with Crippen LogP contribution in [0.2, 0.25) is 0 Å². The molecule has 0 aliphatic carbocycles. The molecule has 1 aliphatic heterocycles. The van der Waals surface area contributed by atoms with E-state index in [1.165, 1.54) is 0 Å². The SMILES string of the molecule is C=CCNC1(CC=C)CCCN(C(=O)OC(C)(C)C)C1. The molecule has 0 saturated carbocycles. The molecular weight excluding hydrogens is 252 g/mol. The molecule has 1 unspecified atom stereocenters. The van der Waals surface area contributed by atoms with Crippen molar-refractivity contribution in [3.63, 3.8) is 0 Å². The molecule has 1 fully saturated rings. The van der Waals surface area contributed by atoms with Gasteiger partial charge in [-0.15, -0.1) is 13.2 Å². The highest BCUT2D eigenvalue weighted by molar-refractivity contribution is 5.68. The van der Waals surface area contributed by atoms with Crippen molar-refractivity contribution in [2.75, 3.05) is 19.6 Å². The highest BCUT2D eigenvalue weighted by Crippen LogP contribution is 2.26. The van der Waals surface area contributed by atoms with Gasteiger partial charge in [0.2, 0.25) is 0 Å². The number of hydrogen-bond donors (Lipinski definition) is 1. The smallest absolute Gasteiger partial charge is 0.410 e. The Bertz CT molecular complexity index is 360. The van der Waals surface area contributed by atoms with Crippen molar-refractivity contribution in [1.29, 1.82) is 0 Å². The number of rotatable bonds is 5. The summed E-state index contributed by atoms with van der Waals surface area (Å²) in [5.41, 5.74) is -0.560. The lowest BCUT2D eigenvalue weighted by atomic mass is 9.86. The molecule has 0 aromatic rings. The van der Waals surface area contributed by atoms with Gasteiger partial charge in [0.25, 0.3) is 0 Å². The van der Waals surface area contributed by atoms with Gasteiger partial charge in [-0.25, -0.2) is 4.79 Å². The fourth-order valence-corrected chi connectivity index (χ4v) is 2.56. The lowest BCUT2D eigenvalue weighted by molar-refractivity contribution is 0.0113. The Balaban J connectivity index is 2.73. The summed E-state index contributed by atoms with van der Waals surface area (Å²) in [7, 11) is 0. The molecule has 1 atom stereocenters. The minimum absolute atomic E-state index is 0.106. The Kier molecular flexibility index (Phi) is 5.81. The number of piperidine rings is 1. The Morgan fingerprint density at radius 3 is 2.65 bits per heavy atom. The lowest BCUT2D eigenvalue weighted by Gasteiger charge is -2.43. The van der Waals surface area contributed by atoms with E-state index < -0.39 is 5.60 Å². The first-order valence-electron chi connectivity index (χ1n) is 7.27. The van der Waals surface area contributed by atoms with Gasteiger partial charge in [-0.3, -0.25) is 0 Å². The molecule has 0 aromatic heterocycles. The first-order valence-corrected chi connectivity index (χ1v) is 7.27. The number of amides is 1. The number of hydrogen-bond acceptors (Lipinski definition) is 3. The van der Waals surface area contributed by atoms with Crippen molar-refractivity contribution in [1.82, 2.24) is 10.2 Å². The van der Waals surface area contributed by atoms with Crippen molar-refractivity contribution in [2.45, 2.75) is 51.2 Å². The fourth-order valence-electron chi connectivity index (χ4n) is 2.56. The monoisotopic (exact) mass is 280 g/mol. The predicted octanol–water partition coefficient (Wildman–Crippen LogP) is 3.11. The third-order valence-electron chi connectivity index (χ3n) is 3.39. The van der Waals surface area contributed by atoms with Crippen molar-refractivity contribution < 1.29 is 9.53 Å². The van der Waals surface area contributed by atoms with Gasteiger partial charge in [0, 0.05) is 25.2 Å². The molecule has 1 rings (SSSR count). The van der Waals surface area contributed by atoms with E-state index in [-0.39, 0.29) is 11.6 Å². The maximum atomic E-state index is 12.2. The van der Waals surface area contributed by atoms with Crippen molar-refractivity contribution in [3.8, 4) is 0 Å². The molecule has 0 radical (unpaired) electrons. The zero-order valence-electron chi connectivity index (χ0n) is 13.1. The van der Waals surface area contributed by atoms with Gasteiger partial charge in [-0.1, -0.05) is 12.2 Å². The van der Waals surface area contributed by atoms with Gasteiger partial charge in [0.1, 0.15) is 5.60 Å². The van der Waals surface area contributed by atoms with Gasteiger partial charge < -0.3 is 15.0 Å². The number of carbonyl (C=O) groups excluding carboxylic acids is 1. The lowest BCUT2D eigenvalue weighted by Crippen LogP contribution is -2.58. The number of nitrogens with one attached hydrogen (secondary N) is 1. The topological polar surface area (TPSA) is 41.6 Å². The van der Waals surface area contributed by atoms with Crippen LogP contribution in [0.1, 0.15) is 40.0 Å². The molecule has 4 heteroatoms. The highest BCUT2D eigenvalue weighted by atomic mass is 16.6. The maximum absolute atomic E-state index is 12.2. The molecule has 0 bridgehead atoms. The summed E-state index contributed by atoms with van der Waals surface area (Å²) >= 11 is 0. The summed E-state index contributed by atoms with van der Waals surface area (Å²) < 4.78 is 5.47. The average molecular weight is 280 g/mol. The van der Waals surface area contributed by atoms with Crippen LogP contribution in [0.25, 0.3) is 0 Å². The van der Waals surface area contributed by atoms with Gasteiger partial charge in [0.15, 0.2) is 0 Å². The van der Waals surface area contributed by atoms with E-state index in [9.17, 15) is 4.79 Å². The van der Waals surface area contributed by atoms with Gasteiger partial charge in [0.05, 0.1) is 0 Å². The van der Waals surface area contributed by atoms with Crippen LogP contribution in [0.15, 0.2) is 25.3 Å². The van der Waals surface area contributed by atoms with Gasteiger partial charge in [-0.05, 0) is 40.0 Å². The number of carbonyl (C=O) groups is 1. The third-order valence-corrected chi connectivity index (χ3v) is 3.39. The Morgan fingerprint density at radius 1 is 1.40 bits per heavy atom. The first-order chi connectivity index (χ1) is 9.32. The Morgan fingerprint density at radius 2 is 2.10 bits per heavy atom. The number of ether oxygens (including phenoxy) is 1. The summed E-state index contributed by atoms with van der Waals surface area (Å²) in [6.07, 6.45) is 6.36. The van der Waals surface area contributed by atoms with Crippen molar-refractivity contribution >= 4 is 6.09 Å². The van der Waals surface area contributed by atoms with Crippen LogP contribution in [0.4, 0.5) is 4.79 Å². The molecule has 1 aliphatic rings. The normalized spacial score (nSPS) is 23.2. The molecule has 20 heavy (non-hydrogen) atoms. The molecule has 1 saturated heterocycles. The maximum Gasteiger partial charge on any atom is 0.410 e. The molecule has 1 N–H and O–H groups in total. The molecule has 1 amide bonds. The molecule has 0 aromatic carbocycles. The summed E-state index contributed by atoms with van der Waals surface area (Å²) in [4.78, 5) is 14.0. The molecule has 1 heterocycles. The van der Waals surface area contributed by atoms with Crippen LogP contribution in [0.5, 0.6) is 0 Å². The number of likely N-dealkylation sites (tertiary alicyclic amines) is 1. The molecular formula is C16H28N2O2. The second kappa shape index (κ2) is 6.93. The van der Waals surface area contributed by atoms with Crippen LogP contribution in [-0.4, -0.2) is 41.8 Å². The number of nitrogens with zero attached hydrogens (tertiary/aromatic N) is 1. The van der Waals surface area contributed by atoms with E-state index in [4.69, 9.17) is 4.74 Å². The highest BCUT2D eigenvalue weighted by Gasteiger charge is 2.36. The fraction of sp³-hybridized carbons (Fsp3) is 0.688. The summed E-state index contributed by atoms with van der Waals surface area (Å²) in [6, 6.07) is 0. The van der Waals surface area contributed by atoms with Crippen LogP contribution in [-0.2, 0) is 4.74 Å². The van der Waals surface area contributed by atoms with E-state index >= 15 is 0 Å². The van der Waals surface area contributed by atoms with E-state index in [1.54, 1.807) is 4.90 Å². The van der Waals surface area contributed by atoms with Crippen molar-refractivity contribution in [2.24, 2.45) is 0 Å². The second-order valence-corrected chi connectivity index (χ2v) is 6.45. The molecule has 114 valence electrons.